The Morgan fingerprint density at radius 1 is 1.10 bits per heavy atom. The molecule has 3 unspecified atom stereocenters. The van der Waals surface area contributed by atoms with Crippen LogP contribution in [-0.2, 0) is 0 Å². The monoisotopic (exact) mass is 291 g/mol. The molecular weight excluding hydrogens is 262 g/mol. The van der Waals surface area contributed by atoms with Crippen molar-refractivity contribution in [2.45, 2.75) is 63.2 Å². The number of nitrogens with one attached hydrogen (secondary N) is 1. The molecule has 1 aliphatic carbocycles. The molecule has 0 bridgehead atoms. The van der Waals surface area contributed by atoms with Crippen molar-refractivity contribution in [1.29, 1.82) is 0 Å². The third-order valence-corrected chi connectivity index (χ3v) is 5.85. The van der Waals surface area contributed by atoms with Gasteiger partial charge in [0.2, 0.25) is 0 Å². The highest BCUT2D eigenvalue weighted by Gasteiger charge is 2.30. The SMILES string of the molecule is CCCNC1CCC(c2ccccc2)CC1SCCC. The van der Waals surface area contributed by atoms with Crippen LogP contribution < -0.4 is 5.32 Å². The summed E-state index contributed by atoms with van der Waals surface area (Å²) in [6.07, 6.45) is 6.55. The van der Waals surface area contributed by atoms with Crippen LogP contribution >= 0.6 is 11.8 Å². The smallest absolute Gasteiger partial charge is 0.0206 e. The first kappa shape index (κ1) is 15.9. The van der Waals surface area contributed by atoms with Crippen LogP contribution in [0.25, 0.3) is 0 Å². The van der Waals surface area contributed by atoms with E-state index in [4.69, 9.17) is 0 Å². The van der Waals surface area contributed by atoms with Gasteiger partial charge in [0.05, 0.1) is 0 Å². The van der Waals surface area contributed by atoms with Gasteiger partial charge in [0.25, 0.3) is 0 Å². The summed E-state index contributed by atoms with van der Waals surface area (Å²) in [7, 11) is 0. The number of hydrogen-bond acceptors (Lipinski definition) is 2. The van der Waals surface area contributed by atoms with Crippen molar-refractivity contribution in [1.82, 2.24) is 5.32 Å². The average molecular weight is 292 g/mol. The molecule has 1 N–H and O–H groups in total. The normalized spacial score (nSPS) is 26.6. The number of benzene rings is 1. The van der Waals surface area contributed by atoms with Crippen LogP contribution in [0.5, 0.6) is 0 Å². The van der Waals surface area contributed by atoms with E-state index in [9.17, 15) is 0 Å². The van der Waals surface area contributed by atoms with E-state index in [0.29, 0.717) is 0 Å². The Balaban J connectivity index is 1.97. The maximum absolute atomic E-state index is 3.78. The Labute approximate surface area is 128 Å². The summed E-state index contributed by atoms with van der Waals surface area (Å²) in [5, 5.41) is 4.57. The fraction of sp³-hybridized carbons (Fsp3) is 0.667. The van der Waals surface area contributed by atoms with Crippen molar-refractivity contribution >= 4 is 11.8 Å². The van der Waals surface area contributed by atoms with Crippen LogP contribution in [0.1, 0.15) is 57.4 Å². The molecule has 112 valence electrons. The van der Waals surface area contributed by atoms with Crippen molar-refractivity contribution in [2.75, 3.05) is 12.3 Å². The van der Waals surface area contributed by atoms with Crippen molar-refractivity contribution in [3.05, 3.63) is 35.9 Å². The number of rotatable bonds is 7. The predicted octanol–water partition coefficient (Wildman–Crippen LogP) is 4.83. The fourth-order valence-electron chi connectivity index (χ4n) is 3.17. The summed E-state index contributed by atoms with van der Waals surface area (Å²) < 4.78 is 0. The molecular formula is C18H29NS. The second-order valence-corrected chi connectivity index (χ2v) is 7.24. The zero-order valence-corrected chi connectivity index (χ0v) is 13.8. The van der Waals surface area contributed by atoms with Crippen LogP contribution in [0.2, 0.25) is 0 Å². The van der Waals surface area contributed by atoms with Gasteiger partial charge in [0.1, 0.15) is 0 Å². The molecule has 0 heterocycles. The first-order valence-corrected chi connectivity index (χ1v) is 9.30. The second-order valence-electron chi connectivity index (χ2n) is 5.89. The van der Waals surface area contributed by atoms with E-state index >= 15 is 0 Å². The summed E-state index contributed by atoms with van der Waals surface area (Å²) in [4.78, 5) is 0. The Kier molecular flexibility index (Phi) is 6.95. The minimum Gasteiger partial charge on any atom is -0.313 e. The predicted molar refractivity (Wildman–Crippen MR) is 91.7 cm³/mol. The van der Waals surface area contributed by atoms with Crippen molar-refractivity contribution in [3.8, 4) is 0 Å². The Bertz CT molecular complexity index is 365. The first-order valence-electron chi connectivity index (χ1n) is 8.25. The topological polar surface area (TPSA) is 12.0 Å². The van der Waals surface area contributed by atoms with Gasteiger partial charge in [-0.15, -0.1) is 0 Å². The second kappa shape index (κ2) is 8.74. The van der Waals surface area contributed by atoms with Gasteiger partial charge in [-0.1, -0.05) is 44.2 Å². The highest BCUT2D eigenvalue weighted by atomic mass is 32.2. The van der Waals surface area contributed by atoms with Crippen molar-refractivity contribution in [2.24, 2.45) is 0 Å². The molecule has 20 heavy (non-hydrogen) atoms. The molecule has 0 spiro atoms. The molecule has 3 atom stereocenters. The van der Waals surface area contributed by atoms with Crippen LogP contribution in [0.3, 0.4) is 0 Å². The zero-order valence-electron chi connectivity index (χ0n) is 13.0. The minimum atomic E-state index is 0.728. The number of thioether (sulfide) groups is 1. The molecule has 0 aliphatic heterocycles. The molecule has 1 aromatic carbocycles. The van der Waals surface area contributed by atoms with Crippen LogP contribution in [0.15, 0.2) is 30.3 Å². The van der Waals surface area contributed by atoms with E-state index in [1.165, 1.54) is 44.4 Å². The molecule has 1 aliphatic rings. The lowest BCUT2D eigenvalue weighted by Crippen LogP contribution is -2.42. The average Bonchev–Trinajstić information content (AvgIpc) is 2.52. The highest BCUT2D eigenvalue weighted by Crippen LogP contribution is 2.38. The van der Waals surface area contributed by atoms with Gasteiger partial charge in [0, 0.05) is 11.3 Å². The third kappa shape index (κ3) is 4.53. The summed E-state index contributed by atoms with van der Waals surface area (Å²) in [6, 6.07) is 11.8. The summed E-state index contributed by atoms with van der Waals surface area (Å²) in [5.41, 5.74) is 1.54. The molecule has 1 fully saturated rings. The molecule has 0 saturated heterocycles. The Hall–Kier alpha value is -0.470. The van der Waals surface area contributed by atoms with Gasteiger partial charge in [0.15, 0.2) is 0 Å². The zero-order chi connectivity index (χ0) is 14.2. The van der Waals surface area contributed by atoms with Gasteiger partial charge >= 0.3 is 0 Å². The van der Waals surface area contributed by atoms with Gasteiger partial charge in [-0.2, -0.15) is 11.8 Å². The van der Waals surface area contributed by atoms with Crippen LogP contribution in [0.4, 0.5) is 0 Å². The summed E-state index contributed by atoms with van der Waals surface area (Å²) in [5.74, 6) is 2.07. The van der Waals surface area contributed by atoms with Crippen LogP contribution in [-0.4, -0.2) is 23.6 Å². The lowest BCUT2D eigenvalue weighted by atomic mass is 9.81. The van der Waals surface area contributed by atoms with E-state index in [2.05, 4.69) is 61.3 Å². The summed E-state index contributed by atoms with van der Waals surface area (Å²) >= 11 is 2.19. The lowest BCUT2D eigenvalue weighted by molar-refractivity contribution is 0.353. The van der Waals surface area contributed by atoms with Gasteiger partial charge in [-0.05, 0) is 55.9 Å². The number of hydrogen-bond donors (Lipinski definition) is 1. The molecule has 0 amide bonds. The molecule has 0 radical (unpaired) electrons. The lowest BCUT2D eigenvalue weighted by Gasteiger charge is -2.36. The standard InChI is InChI=1S/C18H29NS/c1-3-12-19-17-11-10-16(14-18(17)20-13-4-2)15-8-6-5-7-9-15/h5-9,16-19H,3-4,10-14H2,1-2H3. The quantitative estimate of drug-likeness (QED) is 0.772. The molecule has 1 nitrogen and oxygen atoms in total. The van der Waals surface area contributed by atoms with E-state index in [1.807, 2.05) is 0 Å². The van der Waals surface area contributed by atoms with Crippen LogP contribution in [0, 0.1) is 0 Å². The summed E-state index contributed by atoms with van der Waals surface area (Å²) in [6.45, 7) is 5.72. The van der Waals surface area contributed by atoms with E-state index in [0.717, 1.165) is 17.2 Å². The largest absolute Gasteiger partial charge is 0.313 e. The van der Waals surface area contributed by atoms with Gasteiger partial charge in [-0.3, -0.25) is 0 Å². The van der Waals surface area contributed by atoms with Gasteiger partial charge in [-0.25, -0.2) is 0 Å². The van der Waals surface area contributed by atoms with E-state index in [-0.39, 0.29) is 0 Å². The van der Waals surface area contributed by atoms with Crippen molar-refractivity contribution in [3.63, 3.8) is 0 Å². The Morgan fingerprint density at radius 2 is 1.90 bits per heavy atom. The maximum Gasteiger partial charge on any atom is 0.0206 e. The molecule has 1 aromatic rings. The molecule has 2 rings (SSSR count). The third-order valence-electron chi connectivity index (χ3n) is 4.26. The molecule has 1 saturated carbocycles. The first-order chi connectivity index (χ1) is 9.85. The minimum absolute atomic E-state index is 0.728. The van der Waals surface area contributed by atoms with E-state index in [1.54, 1.807) is 5.56 Å². The molecule has 2 heteroatoms. The van der Waals surface area contributed by atoms with E-state index < -0.39 is 0 Å². The Morgan fingerprint density at radius 3 is 2.60 bits per heavy atom. The maximum atomic E-state index is 3.78. The highest BCUT2D eigenvalue weighted by molar-refractivity contribution is 7.99. The van der Waals surface area contributed by atoms with Crippen molar-refractivity contribution < 1.29 is 0 Å². The van der Waals surface area contributed by atoms with Gasteiger partial charge < -0.3 is 5.32 Å². The fourth-order valence-corrected chi connectivity index (χ4v) is 4.55. The molecule has 0 aromatic heterocycles.